The zero-order chi connectivity index (χ0) is 19.2. The Labute approximate surface area is 171 Å². The summed E-state index contributed by atoms with van der Waals surface area (Å²) >= 11 is 7.11. The molecule has 0 saturated carbocycles. The van der Waals surface area contributed by atoms with E-state index in [1.807, 2.05) is 18.3 Å². The first-order valence-electron chi connectivity index (χ1n) is 9.79. The van der Waals surface area contributed by atoms with Gasteiger partial charge in [-0.15, -0.1) is 0 Å². The molecule has 1 atom stereocenters. The van der Waals surface area contributed by atoms with Gasteiger partial charge in [-0.05, 0) is 52.7 Å². The molecular formula is C25H25ClN2. The van der Waals surface area contributed by atoms with Crippen LogP contribution in [0, 0.1) is 0 Å². The number of dihydropyridines is 1. The maximum atomic E-state index is 7.11. The smallest absolute Gasteiger partial charge is 0.138 e. The average molecular weight is 389 g/mol. The minimum Gasteiger partial charge on any atom is -0.369 e. The van der Waals surface area contributed by atoms with Crippen molar-refractivity contribution in [2.24, 2.45) is 0 Å². The molecule has 0 amide bonds. The molecule has 3 aromatic rings. The van der Waals surface area contributed by atoms with Crippen LogP contribution in [-0.4, -0.2) is 11.5 Å². The van der Waals surface area contributed by atoms with Crippen molar-refractivity contribution in [2.45, 2.75) is 24.4 Å². The van der Waals surface area contributed by atoms with Crippen molar-refractivity contribution in [3.05, 3.63) is 108 Å². The number of rotatable bonds is 7. The van der Waals surface area contributed by atoms with E-state index in [4.69, 9.17) is 11.6 Å². The summed E-state index contributed by atoms with van der Waals surface area (Å²) in [5.41, 5.74) is 3.77. The molecule has 0 saturated heterocycles. The van der Waals surface area contributed by atoms with Crippen LogP contribution in [0.3, 0.4) is 0 Å². The van der Waals surface area contributed by atoms with E-state index in [0.29, 0.717) is 0 Å². The van der Waals surface area contributed by atoms with Crippen molar-refractivity contribution in [3.8, 4) is 0 Å². The number of allylic oxidation sites excluding steroid dienone is 2. The van der Waals surface area contributed by atoms with Gasteiger partial charge in [-0.2, -0.15) is 0 Å². The third-order valence-electron chi connectivity index (χ3n) is 5.27. The van der Waals surface area contributed by atoms with E-state index in [2.05, 4.69) is 83.4 Å². The normalized spacial score (nSPS) is 18.7. The molecular weight excluding hydrogens is 364 g/mol. The van der Waals surface area contributed by atoms with E-state index >= 15 is 0 Å². The van der Waals surface area contributed by atoms with Gasteiger partial charge < -0.3 is 10.6 Å². The third-order valence-corrected chi connectivity index (χ3v) is 5.76. The Morgan fingerprint density at radius 2 is 1.68 bits per heavy atom. The van der Waals surface area contributed by atoms with Crippen molar-refractivity contribution in [3.63, 3.8) is 0 Å². The molecule has 4 rings (SSSR count). The highest BCUT2D eigenvalue weighted by Gasteiger charge is 2.32. The number of halogens is 1. The number of hydrogen-bond donors (Lipinski definition) is 2. The largest absolute Gasteiger partial charge is 0.369 e. The molecule has 0 spiro atoms. The minimum absolute atomic E-state index is 0.590. The molecule has 1 heterocycles. The van der Waals surface area contributed by atoms with Gasteiger partial charge in [-0.1, -0.05) is 90.5 Å². The summed E-state index contributed by atoms with van der Waals surface area (Å²) < 4.78 is 0. The molecule has 28 heavy (non-hydrogen) atoms. The van der Waals surface area contributed by atoms with E-state index in [9.17, 15) is 0 Å². The molecule has 3 heteroatoms. The lowest BCUT2D eigenvalue weighted by Gasteiger charge is -2.33. The molecule has 0 radical (unpaired) electrons. The molecule has 142 valence electrons. The van der Waals surface area contributed by atoms with Crippen LogP contribution in [0.15, 0.2) is 96.7 Å². The first kappa shape index (κ1) is 18.8. The van der Waals surface area contributed by atoms with Gasteiger partial charge in [0.05, 0.1) is 0 Å². The van der Waals surface area contributed by atoms with Crippen molar-refractivity contribution < 1.29 is 0 Å². The summed E-state index contributed by atoms with van der Waals surface area (Å²) in [6.07, 6.45) is 7.78. The van der Waals surface area contributed by atoms with Gasteiger partial charge in [0.2, 0.25) is 0 Å². The Kier molecular flexibility index (Phi) is 5.80. The highest BCUT2D eigenvalue weighted by molar-refractivity contribution is 6.26. The lowest BCUT2D eigenvalue weighted by molar-refractivity contribution is 0.549. The summed E-state index contributed by atoms with van der Waals surface area (Å²) in [4.78, 5) is -0.590. The van der Waals surface area contributed by atoms with E-state index in [0.717, 1.165) is 25.9 Å². The molecule has 0 aromatic heterocycles. The zero-order valence-corrected chi connectivity index (χ0v) is 16.6. The number of fused-ring (bicyclic) bond motifs is 1. The summed E-state index contributed by atoms with van der Waals surface area (Å²) in [7, 11) is 0. The second-order valence-electron chi connectivity index (χ2n) is 7.22. The first-order valence-corrected chi connectivity index (χ1v) is 10.2. The maximum absolute atomic E-state index is 7.11. The van der Waals surface area contributed by atoms with E-state index in [1.165, 1.54) is 27.5 Å². The van der Waals surface area contributed by atoms with Crippen molar-refractivity contribution in [1.29, 1.82) is 0 Å². The fraction of sp³-hybridized carbons (Fsp3) is 0.200. The quantitative estimate of drug-likeness (QED) is 0.315. The molecule has 2 N–H and O–H groups in total. The monoisotopic (exact) mass is 388 g/mol. The SMILES string of the molecule is ClC1(Cc2cccc3ccccc23)NC=CC=C1CCNCc1ccccc1. The Balaban J connectivity index is 1.44. The number of nitrogens with one attached hydrogen (secondary N) is 2. The van der Waals surface area contributed by atoms with Crippen LogP contribution in [0.1, 0.15) is 17.5 Å². The summed E-state index contributed by atoms with van der Waals surface area (Å²) in [5, 5.41) is 9.45. The summed E-state index contributed by atoms with van der Waals surface area (Å²) in [6.45, 7) is 1.76. The van der Waals surface area contributed by atoms with E-state index in [-0.39, 0.29) is 0 Å². The Morgan fingerprint density at radius 3 is 2.57 bits per heavy atom. The van der Waals surface area contributed by atoms with Crippen molar-refractivity contribution in [2.75, 3.05) is 6.54 Å². The highest BCUT2D eigenvalue weighted by Crippen LogP contribution is 2.33. The van der Waals surface area contributed by atoms with E-state index in [1.54, 1.807) is 0 Å². The first-order chi connectivity index (χ1) is 13.7. The predicted octanol–water partition coefficient (Wildman–Crippen LogP) is 5.54. The molecule has 1 aliphatic heterocycles. The van der Waals surface area contributed by atoms with Crippen molar-refractivity contribution in [1.82, 2.24) is 10.6 Å². The fourth-order valence-electron chi connectivity index (χ4n) is 3.78. The topological polar surface area (TPSA) is 24.1 Å². The van der Waals surface area contributed by atoms with Crippen LogP contribution in [-0.2, 0) is 13.0 Å². The molecule has 0 fully saturated rings. The Morgan fingerprint density at radius 1 is 0.893 bits per heavy atom. The van der Waals surface area contributed by atoms with Gasteiger partial charge in [-0.25, -0.2) is 0 Å². The second-order valence-corrected chi connectivity index (χ2v) is 7.87. The molecule has 0 aliphatic carbocycles. The standard InChI is InChI=1S/C25H25ClN2/c26-25(18-22-12-6-11-21-10-4-5-14-24(21)22)23(13-7-16-28-25)15-17-27-19-20-8-2-1-3-9-20/h1-14,16,27-28H,15,17-19H2. The number of hydrogen-bond acceptors (Lipinski definition) is 2. The lowest BCUT2D eigenvalue weighted by atomic mass is 9.91. The van der Waals surface area contributed by atoms with Gasteiger partial charge in [0.25, 0.3) is 0 Å². The van der Waals surface area contributed by atoms with Crippen LogP contribution in [0.5, 0.6) is 0 Å². The van der Waals surface area contributed by atoms with Gasteiger partial charge in [0.15, 0.2) is 0 Å². The predicted molar refractivity (Wildman–Crippen MR) is 119 cm³/mol. The third kappa shape index (κ3) is 4.30. The number of benzene rings is 3. The van der Waals surface area contributed by atoms with Crippen LogP contribution < -0.4 is 10.6 Å². The van der Waals surface area contributed by atoms with Crippen LogP contribution in [0.25, 0.3) is 10.8 Å². The summed E-state index contributed by atoms with van der Waals surface area (Å²) in [5.74, 6) is 0. The van der Waals surface area contributed by atoms with Crippen LogP contribution >= 0.6 is 11.6 Å². The van der Waals surface area contributed by atoms with Crippen molar-refractivity contribution >= 4 is 22.4 Å². The summed E-state index contributed by atoms with van der Waals surface area (Å²) in [6, 6.07) is 25.4. The fourth-order valence-corrected chi connectivity index (χ4v) is 4.14. The van der Waals surface area contributed by atoms with Gasteiger partial charge in [-0.3, -0.25) is 0 Å². The lowest BCUT2D eigenvalue weighted by Crippen LogP contribution is -2.42. The van der Waals surface area contributed by atoms with E-state index < -0.39 is 5.00 Å². The molecule has 0 bridgehead atoms. The number of alkyl halides is 1. The Hall–Kier alpha value is -2.55. The van der Waals surface area contributed by atoms with Crippen LogP contribution in [0.4, 0.5) is 0 Å². The van der Waals surface area contributed by atoms with Gasteiger partial charge >= 0.3 is 0 Å². The highest BCUT2D eigenvalue weighted by atomic mass is 35.5. The Bertz CT molecular complexity index is 988. The second kappa shape index (κ2) is 8.64. The van der Waals surface area contributed by atoms with Gasteiger partial charge in [0, 0.05) is 13.0 Å². The minimum atomic E-state index is -0.590. The van der Waals surface area contributed by atoms with Crippen LogP contribution in [0.2, 0.25) is 0 Å². The molecule has 2 nitrogen and oxygen atoms in total. The molecule has 1 unspecified atom stereocenters. The van der Waals surface area contributed by atoms with Gasteiger partial charge in [0.1, 0.15) is 5.00 Å². The molecule has 1 aliphatic rings. The maximum Gasteiger partial charge on any atom is 0.138 e. The zero-order valence-electron chi connectivity index (χ0n) is 15.9. The molecule has 3 aromatic carbocycles. The average Bonchev–Trinajstić information content (AvgIpc) is 2.73.